The molecule has 0 aromatic heterocycles. The number of halogens is 2. The molecule has 7 aromatic carbocycles. The Bertz CT molecular complexity index is 2030. The Labute approximate surface area is 354 Å². The van der Waals surface area contributed by atoms with Crippen molar-refractivity contribution in [2.45, 2.75) is 0 Å². The summed E-state index contributed by atoms with van der Waals surface area (Å²) in [7, 11) is 8.82. The normalized spacial score (nSPS) is 11.6. The predicted octanol–water partition coefficient (Wildman–Crippen LogP) is 10.7. The van der Waals surface area contributed by atoms with Crippen molar-refractivity contribution in [2.75, 3.05) is 0 Å². The van der Waals surface area contributed by atoms with Gasteiger partial charge in [-0.25, -0.2) is 0 Å². The van der Waals surface area contributed by atoms with Crippen LogP contribution in [0.1, 0.15) is 10.4 Å². The fourth-order valence-corrected chi connectivity index (χ4v) is 10.4. The molecule has 0 atom stereocenters. The van der Waals surface area contributed by atoms with E-state index < -0.39 is 15.8 Å². The van der Waals surface area contributed by atoms with Crippen LogP contribution < -0.4 is 31.8 Å². The summed E-state index contributed by atoms with van der Waals surface area (Å²) < 4.78 is 0. The molecular weight excluding hydrogens is 866 g/mol. The van der Waals surface area contributed by atoms with Crippen LogP contribution in [0.2, 0.25) is 0 Å². The van der Waals surface area contributed by atoms with E-state index in [1.807, 2.05) is 6.07 Å². The van der Waals surface area contributed by atoms with Crippen LogP contribution in [0.4, 0.5) is 0 Å². The number of allylic oxidation sites excluding steroid dienone is 4. The summed E-state index contributed by atoms with van der Waals surface area (Å²) >= 11 is -0.346. The van der Waals surface area contributed by atoms with E-state index in [9.17, 15) is 4.79 Å². The molecule has 0 fully saturated rings. The number of carbonyl (C=O) groups is 1. The molecular formula is C49H40Cl2N2OP2Ru. The van der Waals surface area contributed by atoms with Gasteiger partial charge >= 0.3 is 34.5 Å². The third-order valence-electron chi connectivity index (χ3n) is 8.40. The number of hydrogen-bond acceptors (Lipinski definition) is 3. The van der Waals surface area contributed by atoms with E-state index in [2.05, 4.69) is 182 Å². The van der Waals surface area contributed by atoms with Crippen molar-refractivity contribution in [1.29, 1.82) is 10.8 Å². The third kappa shape index (κ3) is 13.3. The summed E-state index contributed by atoms with van der Waals surface area (Å²) in [6.07, 6.45) is 4.48. The molecule has 3 nitrogen and oxygen atoms in total. The van der Waals surface area contributed by atoms with Crippen LogP contribution in [0, 0.1) is 10.8 Å². The number of rotatable bonds is 8. The largest absolute Gasteiger partial charge is 0.0622 e. The summed E-state index contributed by atoms with van der Waals surface area (Å²) in [4.78, 5) is 12.0. The average Bonchev–Trinajstić information content (AvgIpc) is 3.28. The molecule has 0 heterocycles. The first-order valence-electron chi connectivity index (χ1n) is 17.9. The van der Waals surface area contributed by atoms with Gasteiger partial charge in [-0.05, 0) is 65.9 Å². The maximum atomic E-state index is 12.0. The molecule has 1 aliphatic rings. The molecule has 0 radical (unpaired) electrons. The van der Waals surface area contributed by atoms with E-state index in [-0.39, 0.29) is 32.4 Å². The molecule has 2 N–H and O–H groups in total. The molecule has 1 aliphatic carbocycles. The minimum Gasteiger partial charge on any atom is -0.0622 e. The van der Waals surface area contributed by atoms with Crippen molar-refractivity contribution >= 4 is 84.3 Å². The zero-order valence-corrected chi connectivity index (χ0v) is 35.9. The number of nitrogens with one attached hydrogen (secondary N) is 2. The van der Waals surface area contributed by atoms with Gasteiger partial charge in [-0.3, -0.25) is 15.6 Å². The fraction of sp³-hybridized carbons (Fsp3) is 0. The summed E-state index contributed by atoms with van der Waals surface area (Å²) in [5, 5.41) is 23.2. The maximum absolute atomic E-state index is 12.0. The first-order chi connectivity index (χ1) is 28.0. The Morgan fingerprint density at radius 2 is 0.632 bits per heavy atom. The fourth-order valence-electron chi connectivity index (χ4n) is 5.80. The minimum atomic E-state index is -0.446. The summed E-state index contributed by atoms with van der Waals surface area (Å²) in [6, 6.07) is 73.6. The monoisotopic (exact) mass is 906 g/mol. The van der Waals surface area contributed by atoms with Gasteiger partial charge in [0.15, 0.2) is 5.78 Å². The number of ketones is 1. The minimum absolute atomic E-state index is 0.0711. The first-order valence-corrected chi connectivity index (χ1v) is 25.1. The Morgan fingerprint density at radius 1 is 0.386 bits per heavy atom. The molecule has 0 bridgehead atoms. The van der Waals surface area contributed by atoms with Gasteiger partial charge in [0.2, 0.25) is 0 Å². The van der Waals surface area contributed by atoms with Gasteiger partial charge in [-0.15, -0.1) is 0 Å². The van der Waals surface area contributed by atoms with Crippen molar-refractivity contribution < 1.29 is 19.9 Å². The summed E-state index contributed by atoms with van der Waals surface area (Å²) in [6.45, 7) is 0. The van der Waals surface area contributed by atoms with Crippen LogP contribution in [0.25, 0.3) is 0 Å². The molecule has 0 spiro atoms. The van der Waals surface area contributed by atoms with Crippen molar-refractivity contribution in [1.82, 2.24) is 0 Å². The van der Waals surface area contributed by atoms with Crippen LogP contribution >= 0.6 is 35.2 Å². The van der Waals surface area contributed by atoms with Gasteiger partial charge in [0.05, 0.1) is 11.4 Å². The smallest absolute Gasteiger partial charge is 0.0134 e. The SMILES string of the molecule is N=C1C=CC(C(=O)c2ccccc2)=CC1=N.[Cl][Ru][Cl].c1ccc(P(c2ccccc2)c2ccccc2)cc1.c1ccc(P(c2ccccc2)c2ccccc2)cc1. The molecule has 0 saturated carbocycles. The first kappa shape index (κ1) is 43.2. The molecule has 284 valence electrons. The van der Waals surface area contributed by atoms with Crippen LogP contribution in [0.3, 0.4) is 0 Å². The zero-order valence-electron chi connectivity index (χ0n) is 30.9. The molecule has 0 aliphatic heterocycles. The van der Waals surface area contributed by atoms with E-state index in [4.69, 9.17) is 30.2 Å². The van der Waals surface area contributed by atoms with E-state index in [0.29, 0.717) is 11.1 Å². The maximum Gasteiger partial charge on any atom is -0.0134 e. The Morgan fingerprint density at radius 3 is 0.877 bits per heavy atom. The van der Waals surface area contributed by atoms with Crippen molar-refractivity contribution in [2.24, 2.45) is 0 Å². The number of hydrogen-bond donors (Lipinski definition) is 2. The van der Waals surface area contributed by atoms with Gasteiger partial charge in [-0.1, -0.05) is 212 Å². The van der Waals surface area contributed by atoms with Gasteiger partial charge in [0.1, 0.15) is 0 Å². The van der Waals surface area contributed by atoms with E-state index in [1.54, 1.807) is 30.3 Å². The van der Waals surface area contributed by atoms with Crippen molar-refractivity contribution in [3.8, 4) is 0 Å². The Kier molecular flexibility index (Phi) is 18.2. The van der Waals surface area contributed by atoms with E-state index >= 15 is 0 Å². The van der Waals surface area contributed by atoms with Gasteiger partial charge in [0, 0.05) is 11.1 Å². The van der Waals surface area contributed by atoms with Crippen LogP contribution in [0.15, 0.2) is 236 Å². The zero-order chi connectivity index (χ0) is 40.1. The average molecular weight is 907 g/mol. The second-order valence-corrected chi connectivity index (χ2v) is 19.3. The quantitative estimate of drug-likeness (QED) is 0.0679. The molecule has 8 heteroatoms. The van der Waals surface area contributed by atoms with Crippen LogP contribution in [-0.2, 0) is 15.1 Å². The Hall–Kier alpha value is -4.91. The molecule has 57 heavy (non-hydrogen) atoms. The van der Waals surface area contributed by atoms with Gasteiger partial charge in [-0.2, -0.15) is 0 Å². The van der Waals surface area contributed by atoms with Crippen molar-refractivity contribution in [3.05, 3.63) is 242 Å². The van der Waals surface area contributed by atoms with E-state index in [1.165, 1.54) is 44.0 Å². The molecule has 0 amide bonds. The van der Waals surface area contributed by atoms with Crippen molar-refractivity contribution in [3.63, 3.8) is 0 Å². The third-order valence-corrected chi connectivity index (χ3v) is 13.3. The Balaban J connectivity index is 0.000000158. The summed E-state index contributed by atoms with van der Waals surface area (Å²) in [5.74, 6) is -0.117. The van der Waals surface area contributed by atoms with Crippen LogP contribution in [0.5, 0.6) is 0 Å². The number of benzene rings is 7. The summed E-state index contributed by atoms with van der Waals surface area (Å²) in [5.41, 5.74) is 1.25. The molecule has 0 unspecified atom stereocenters. The predicted molar refractivity (Wildman–Crippen MR) is 245 cm³/mol. The molecule has 0 saturated heterocycles. The standard InChI is InChI=1S/2C18H15P.C13H10N2O.2ClH.Ru/c2*1-4-10-16(11-5-1)19(17-12-6-2-7-13-17)18-14-8-3-9-15-18;14-11-7-6-10(8-12(11)15)13(16)9-4-2-1-3-5-9;;;/h2*1-15H;1-8,14-15H;2*1H;/q;;;;;+2/p-2. The van der Waals surface area contributed by atoms with E-state index in [0.717, 1.165) is 0 Å². The van der Waals surface area contributed by atoms with Gasteiger partial charge < -0.3 is 0 Å². The second-order valence-electron chi connectivity index (χ2n) is 12.2. The number of Topliss-reactive ketones (excluding diaryl/α,β-unsaturated/α-hetero) is 1. The topological polar surface area (TPSA) is 64.8 Å². The number of carbonyl (C=O) groups excluding carboxylic acids is 1. The second kappa shape index (κ2) is 24.0. The molecule has 8 rings (SSSR count). The van der Waals surface area contributed by atoms with Gasteiger partial charge in [0.25, 0.3) is 0 Å². The molecule has 7 aromatic rings. The van der Waals surface area contributed by atoms with Crippen LogP contribution in [-0.4, -0.2) is 17.2 Å².